The van der Waals surface area contributed by atoms with Crippen LogP contribution in [0.4, 0.5) is 0 Å². The number of rotatable bonds is 2. The van der Waals surface area contributed by atoms with Crippen molar-refractivity contribution in [3.8, 4) is 0 Å². The van der Waals surface area contributed by atoms with Crippen molar-refractivity contribution >= 4 is 12.7 Å². The monoisotopic (exact) mass is 195 g/mol. The van der Waals surface area contributed by atoms with E-state index in [1.807, 2.05) is 0 Å². The van der Waals surface area contributed by atoms with Gasteiger partial charge >= 0.3 is 6.02 Å². The molecular weight excluding hydrogens is 178 g/mol. The van der Waals surface area contributed by atoms with E-state index in [2.05, 4.69) is 23.7 Å². The van der Waals surface area contributed by atoms with Crippen molar-refractivity contribution in [2.75, 3.05) is 20.2 Å². The van der Waals surface area contributed by atoms with Crippen molar-refractivity contribution in [3.63, 3.8) is 0 Å². The van der Waals surface area contributed by atoms with Crippen LogP contribution in [0.5, 0.6) is 0 Å². The van der Waals surface area contributed by atoms with Crippen molar-refractivity contribution in [2.45, 2.75) is 25.3 Å². The maximum atomic E-state index is 7.21. The molecule has 78 valence electrons. The Labute approximate surface area is 84.5 Å². The molecule has 0 aromatic carbocycles. The smallest absolute Gasteiger partial charge is 0.308 e. The second-order valence-corrected chi connectivity index (χ2v) is 4.55. The van der Waals surface area contributed by atoms with Crippen molar-refractivity contribution in [2.24, 2.45) is 10.4 Å². The molecule has 1 heterocycles. The molecule has 1 saturated carbocycles. The number of nitrogens with one attached hydrogen (secondary N) is 1. The Morgan fingerprint density at radius 2 is 2.43 bits per heavy atom. The van der Waals surface area contributed by atoms with Gasteiger partial charge in [-0.15, -0.1) is 0 Å². The third-order valence-electron chi connectivity index (χ3n) is 3.39. The van der Waals surface area contributed by atoms with E-state index in [1.165, 1.54) is 25.8 Å². The first-order valence-corrected chi connectivity index (χ1v) is 5.03. The fraction of sp³-hybridized carbons (Fsp3) is 0.800. The van der Waals surface area contributed by atoms with E-state index >= 15 is 0 Å². The highest BCUT2D eigenvalue weighted by Crippen LogP contribution is 2.54. The van der Waals surface area contributed by atoms with Crippen LogP contribution in [0, 0.1) is 10.8 Å². The first kappa shape index (κ1) is 9.65. The zero-order valence-corrected chi connectivity index (χ0v) is 8.62. The standard InChI is InChI=1S/C10H17N3O/c1-12-9(11)14-6-8-5-10(3-4-10)7-13(8)2/h8,11H,1,3-7H2,2H3/t8-/m0/s1. The van der Waals surface area contributed by atoms with Crippen molar-refractivity contribution in [3.05, 3.63) is 0 Å². The average molecular weight is 195 g/mol. The molecule has 1 spiro atoms. The van der Waals surface area contributed by atoms with Crippen LogP contribution in [0.15, 0.2) is 4.99 Å². The van der Waals surface area contributed by atoms with Crippen LogP contribution < -0.4 is 0 Å². The van der Waals surface area contributed by atoms with Gasteiger partial charge in [-0.1, -0.05) is 0 Å². The van der Waals surface area contributed by atoms with Gasteiger partial charge in [-0.05, 0) is 38.4 Å². The van der Waals surface area contributed by atoms with E-state index in [-0.39, 0.29) is 6.02 Å². The van der Waals surface area contributed by atoms with Crippen LogP contribution in [0.2, 0.25) is 0 Å². The average Bonchev–Trinajstić information content (AvgIpc) is 2.83. The Kier molecular flexibility index (Phi) is 2.31. The van der Waals surface area contributed by atoms with E-state index in [0.717, 1.165) is 0 Å². The number of hydrogen-bond acceptors (Lipinski definition) is 3. The molecular formula is C10H17N3O. The second kappa shape index (κ2) is 3.35. The number of amidine groups is 1. The first-order valence-electron chi connectivity index (χ1n) is 5.03. The van der Waals surface area contributed by atoms with Crippen LogP contribution in [-0.2, 0) is 4.74 Å². The molecule has 1 aliphatic heterocycles. The summed E-state index contributed by atoms with van der Waals surface area (Å²) in [4.78, 5) is 5.76. The van der Waals surface area contributed by atoms with Gasteiger partial charge in [-0.2, -0.15) is 0 Å². The molecule has 0 unspecified atom stereocenters. The Bertz CT molecular complexity index is 260. The minimum atomic E-state index is -0.0600. The van der Waals surface area contributed by atoms with Crippen molar-refractivity contribution in [1.29, 1.82) is 5.41 Å². The Hall–Kier alpha value is -0.900. The summed E-state index contributed by atoms with van der Waals surface area (Å²) >= 11 is 0. The summed E-state index contributed by atoms with van der Waals surface area (Å²) in [5.74, 6) is 0. The van der Waals surface area contributed by atoms with E-state index in [0.29, 0.717) is 18.1 Å². The normalized spacial score (nSPS) is 29.1. The van der Waals surface area contributed by atoms with Gasteiger partial charge in [0.1, 0.15) is 6.61 Å². The van der Waals surface area contributed by atoms with Gasteiger partial charge in [0.05, 0.1) is 0 Å². The van der Waals surface area contributed by atoms with Crippen LogP contribution in [0.1, 0.15) is 19.3 Å². The lowest BCUT2D eigenvalue weighted by atomic mass is 10.0. The molecule has 4 heteroatoms. The predicted molar refractivity (Wildman–Crippen MR) is 55.9 cm³/mol. The molecule has 1 aliphatic carbocycles. The quantitative estimate of drug-likeness (QED) is 0.530. The summed E-state index contributed by atoms with van der Waals surface area (Å²) < 4.78 is 5.18. The Morgan fingerprint density at radius 3 is 2.93 bits per heavy atom. The minimum Gasteiger partial charge on any atom is -0.462 e. The lowest BCUT2D eigenvalue weighted by Crippen LogP contribution is -2.30. The number of ether oxygens (including phenoxy) is 1. The Morgan fingerprint density at radius 1 is 1.71 bits per heavy atom. The fourth-order valence-corrected chi connectivity index (χ4v) is 2.32. The molecule has 1 saturated heterocycles. The zero-order valence-electron chi connectivity index (χ0n) is 8.62. The summed E-state index contributed by atoms with van der Waals surface area (Å²) in [5.41, 5.74) is 0.604. The van der Waals surface area contributed by atoms with Crippen molar-refractivity contribution < 1.29 is 4.74 Å². The van der Waals surface area contributed by atoms with Crippen LogP contribution >= 0.6 is 0 Å². The van der Waals surface area contributed by atoms with E-state index in [9.17, 15) is 0 Å². The van der Waals surface area contributed by atoms with E-state index < -0.39 is 0 Å². The highest BCUT2D eigenvalue weighted by atomic mass is 16.5. The van der Waals surface area contributed by atoms with Gasteiger partial charge in [0, 0.05) is 12.6 Å². The first-order chi connectivity index (χ1) is 6.65. The molecule has 0 radical (unpaired) electrons. The predicted octanol–water partition coefficient (Wildman–Crippen LogP) is 1.12. The fourth-order valence-electron chi connectivity index (χ4n) is 2.32. The lowest BCUT2D eigenvalue weighted by molar-refractivity contribution is 0.187. The molecule has 1 atom stereocenters. The van der Waals surface area contributed by atoms with Gasteiger partial charge in [0.15, 0.2) is 0 Å². The highest BCUT2D eigenvalue weighted by Gasteiger charge is 2.50. The van der Waals surface area contributed by atoms with Gasteiger partial charge < -0.3 is 4.74 Å². The molecule has 1 N–H and O–H groups in total. The topological polar surface area (TPSA) is 48.7 Å². The molecule has 4 nitrogen and oxygen atoms in total. The van der Waals surface area contributed by atoms with Crippen LogP contribution in [-0.4, -0.2) is 43.9 Å². The van der Waals surface area contributed by atoms with Gasteiger partial charge in [-0.25, -0.2) is 10.4 Å². The molecule has 2 fully saturated rings. The summed E-state index contributed by atoms with van der Waals surface area (Å²) in [6.45, 7) is 5.02. The van der Waals surface area contributed by atoms with Crippen molar-refractivity contribution in [1.82, 2.24) is 4.90 Å². The van der Waals surface area contributed by atoms with Crippen LogP contribution in [0.3, 0.4) is 0 Å². The minimum absolute atomic E-state index is 0.0600. The maximum absolute atomic E-state index is 7.21. The third kappa shape index (κ3) is 1.80. The zero-order chi connectivity index (χ0) is 10.2. The maximum Gasteiger partial charge on any atom is 0.308 e. The summed E-state index contributed by atoms with van der Waals surface area (Å²) in [6.07, 6.45) is 3.95. The Balaban J connectivity index is 1.81. The lowest BCUT2D eigenvalue weighted by Gasteiger charge is -2.18. The number of likely N-dealkylation sites (N-methyl/N-ethyl adjacent to an activating group) is 1. The van der Waals surface area contributed by atoms with E-state index in [4.69, 9.17) is 10.1 Å². The SMILES string of the molecule is C=NC(=N)OC[C@@H]1CC2(CC2)CN1C. The summed E-state index contributed by atoms with van der Waals surface area (Å²) in [5, 5.41) is 7.21. The molecule has 0 amide bonds. The van der Waals surface area contributed by atoms with Gasteiger partial charge in [0.2, 0.25) is 0 Å². The number of nitrogens with zero attached hydrogens (tertiary/aromatic N) is 2. The van der Waals surface area contributed by atoms with Gasteiger partial charge in [0.25, 0.3) is 0 Å². The van der Waals surface area contributed by atoms with Crippen LogP contribution in [0.25, 0.3) is 0 Å². The molecule has 0 aromatic rings. The third-order valence-corrected chi connectivity index (χ3v) is 3.39. The molecule has 0 aromatic heterocycles. The molecule has 2 aliphatic rings. The number of hydrogen-bond donors (Lipinski definition) is 1. The largest absolute Gasteiger partial charge is 0.462 e. The summed E-state index contributed by atoms with van der Waals surface area (Å²) in [7, 11) is 2.13. The summed E-state index contributed by atoms with van der Waals surface area (Å²) in [6, 6.07) is 0.398. The highest BCUT2D eigenvalue weighted by molar-refractivity contribution is 5.75. The number of aliphatic imine (C=N–C) groups is 1. The molecule has 2 rings (SSSR count). The molecule has 14 heavy (non-hydrogen) atoms. The van der Waals surface area contributed by atoms with Gasteiger partial charge in [-0.3, -0.25) is 4.90 Å². The number of likely N-dealkylation sites (tertiary alicyclic amines) is 1. The van der Waals surface area contributed by atoms with E-state index in [1.54, 1.807) is 0 Å². The second-order valence-electron chi connectivity index (χ2n) is 4.55. The molecule has 0 bridgehead atoms.